The number of hydrogen-bond donors (Lipinski definition) is 1. The summed E-state index contributed by atoms with van der Waals surface area (Å²) in [6.45, 7) is 10.2. The van der Waals surface area contributed by atoms with Crippen LogP contribution in [0.3, 0.4) is 0 Å². The SMILES string of the molecule is CCCN(C(=O)C1(C)CCCCN1)C(C)C. The molecule has 1 saturated heterocycles. The first kappa shape index (κ1) is 13.5. The molecule has 0 aromatic heterocycles. The lowest BCUT2D eigenvalue weighted by atomic mass is 9.89. The van der Waals surface area contributed by atoms with Gasteiger partial charge in [-0.2, -0.15) is 0 Å². The van der Waals surface area contributed by atoms with Crippen molar-refractivity contribution in [2.24, 2.45) is 0 Å². The van der Waals surface area contributed by atoms with Crippen LogP contribution in [0, 0.1) is 0 Å². The highest BCUT2D eigenvalue weighted by molar-refractivity contribution is 5.86. The fourth-order valence-electron chi connectivity index (χ4n) is 2.39. The maximum Gasteiger partial charge on any atom is 0.242 e. The Kier molecular flexibility index (Phi) is 4.78. The predicted molar refractivity (Wildman–Crippen MR) is 67.4 cm³/mol. The minimum Gasteiger partial charge on any atom is -0.339 e. The highest BCUT2D eigenvalue weighted by Crippen LogP contribution is 2.22. The number of carbonyl (C=O) groups is 1. The third-order valence-electron chi connectivity index (χ3n) is 3.44. The van der Waals surface area contributed by atoms with Crippen LogP contribution in [0.2, 0.25) is 0 Å². The number of carbonyl (C=O) groups excluding carboxylic acids is 1. The molecule has 1 amide bonds. The summed E-state index contributed by atoms with van der Waals surface area (Å²) in [7, 11) is 0. The van der Waals surface area contributed by atoms with Crippen LogP contribution in [-0.2, 0) is 4.79 Å². The number of hydrogen-bond acceptors (Lipinski definition) is 2. The molecule has 1 N–H and O–H groups in total. The molecule has 1 rings (SSSR count). The first-order chi connectivity index (χ1) is 7.51. The number of nitrogens with one attached hydrogen (secondary N) is 1. The first-order valence-corrected chi connectivity index (χ1v) is 6.57. The average molecular weight is 226 g/mol. The Hall–Kier alpha value is -0.570. The number of piperidine rings is 1. The standard InChI is InChI=1S/C13H26N2O/c1-5-10-15(11(2)3)12(16)13(4)8-6-7-9-14-13/h11,14H,5-10H2,1-4H3. The van der Waals surface area contributed by atoms with Crippen LogP contribution in [0.5, 0.6) is 0 Å². The van der Waals surface area contributed by atoms with Gasteiger partial charge in [-0.3, -0.25) is 4.79 Å². The van der Waals surface area contributed by atoms with E-state index < -0.39 is 0 Å². The van der Waals surface area contributed by atoms with Gasteiger partial charge >= 0.3 is 0 Å². The summed E-state index contributed by atoms with van der Waals surface area (Å²) < 4.78 is 0. The zero-order valence-electron chi connectivity index (χ0n) is 11.2. The number of rotatable bonds is 4. The summed E-state index contributed by atoms with van der Waals surface area (Å²) in [5.74, 6) is 0.282. The van der Waals surface area contributed by atoms with Crippen molar-refractivity contribution in [3.63, 3.8) is 0 Å². The van der Waals surface area contributed by atoms with Crippen LogP contribution >= 0.6 is 0 Å². The second kappa shape index (κ2) is 5.67. The van der Waals surface area contributed by atoms with Gasteiger partial charge in [0.25, 0.3) is 0 Å². The van der Waals surface area contributed by atoms with Gasteiger partial charge in [0.1, 0.15) is 0 Å². The lowest BCUT2D eigenvalue weighted by Crippen LogP contribution is -2.59. The summed E-state index contributed by atoms with van der Waals surface area (Å²) in [6, 6.07) is 0.299. The van der Waals surface area contributed by atoms with Crippen molar-refractivity contribution in [2.45, 2.75) is 65.0 Å². The van der Waals surface area contributed by atoms with Gasteiger partial charge in [-0.25, -0.2) is 0 Å². The second-order valence-electron chi connectivity index (χ2n) is 5.31. The van der Waals surface area contributed by atoms with Gasteiger partial charge in [0.05, 0.1) is 5.54 Å². The largest absolute Gasteiger partial charge is 0.339 e. The van der Waals surface area contributed by atoms with Gasteiger partial charge in [-0.05, 0) is 53.0 Å². The fraction of sp³-hybridized carbons (Fsp3) is 0.923. The van der Waals surface area contributed by atoms with E-state index in [1.165, 1.54) is 6.42 Å². The van der Waals surface area contributed by atoms with Crippen molar-refractivity contribution in [3.05, 3.63) is 0 Å². The quantitative estimate of drug-likeness (QED) is 0.797. The van der Waals surface area contributed by atoms with Crippen molar-refractivity contribution >= 4 is 5.91 Å². The Balaban J connectivity index is 2.72. The third kappa shape index (κ3) is 2.97. The summed E-state index contributed by atoms with van der Waals surface area (Å²) >= 11 is 0. The topological polar surface area (TPSA) is 32.3 Å². The molecular weight excluding hydrogens is 200 g/mol. The first-order valence-electron chi connectivity index (χ1n) is 6.57. The molecule has 0 aromatic rings. The number of amides is 1. The maximum absolute atomic E-state index is 12.5. The minimum absolute atomic E-state index is 0.282. The van der Waals surface area contributed by atoms with E-state index in [2.05, 4.69) is 33.0 Å². The maximum atomic E-state index is 12.5. The summed E-state index contributed by atoms with van der Waals surface area (Å²) in [6.07, 6.45) is 4.35. The molecule has 1 unspecified atom stereocenters. The van der Waals surface area contributed by atoms with Crippen LogP contribution in [0.25, 0.3) is 0 Å². The van der Waals surface area contributed by atoms with Crippen molar-refractivity contribution in [2.75, 3.05) is 13.1 Å². The predicted octanol–water partition coefficient (Wildman–Crippen LogP) is 2.17. The second-order valence-corrected chi connectivity index (χ2v) is 5.31. The van der Waals surface area contributed by atoms with Crippen LogP contribution in [-0.4, -0.2) is 35.5 Å². The Bertz CT molecular complexity index is 232. The van der Waals surface area contributed by atoms with Gasteiger partial charge in [0.15, 0.2) is 0 Å². The summed E-state index contributed by atoms with van der Waals surface area (Å²) in [4.78, 5) is 14.5. The van der Waals surface area contributed by atoms with Gasteiger partial charge in [-0.1, -0.05) is 6.92 Å². The molecule has 0 bridgehead atoms. The zero-order valence-corrected chi connectivity index (χ0v) is 11.2. The molecule has 16 heavy (non-hydrogen) atoms. The Morgan fingerprint density at radius 2 is 2.12 bits per heavy atom. The van der Waals surface area contributed by atoms with Crippen molar-refractivity contribution < 1.29 is 4.79 Å². The molecule has 0 spiro atoms. The summed E-state index contributed by atoms with van der Waals surface area (Å²) in [5.41, 5.74) is -0.322. The Morgan fingerprint density at radius 3 is 2.56 bits per heavy atom. The van der Waals surface area contributed by atoms with E-state index in [9.17, 15) is 4.79 Å². The van der Waals surface area contributed by atoms with E-state index in [0.29, 0.717) is 6.04 Å². The number of nitrogens with zero attached hydrogens (tertiary/aromatic N) is 1. The van der Waals surface area contributed by atoms with E-state index in [4.69, 9.17) is 0 Å². The highest BCUT2D eigenvalue weighted by atomic mass is 16.2. The Labute approximate surface area is 99.6 Å². The molecule has 1 atom stereocenters. The van der Waals surface area contributed by atoms with Crippen LogP contribution in [0.1, 0.15) is 53.4 Å². The Morgan fingerprint density at radius 1 is 1.44 bits per heavy atom. The van der Waals surface area contributed by atoms with Crippen LogP contribution < -0.4 is 5.32 Å². The van der Waals surface area contributed by atoms with E-state index in [0.717, 1.165) is 32.4 Å². The zero-order chi connectivity index (χ0) is 12.2. The molecule has 0 saturated carbocycles. The van der Waals surface area contributed by atoms with E-state index in [1.54, 1.807) is 0 Å². The van der Waals surface area contributed by atoms with Crippen LogP contribution in [0.15, 0.2) is 0 Å². The average Bonchev–Trinajstić information content (AvgIpc) is 2.25. The monoisotopic (exact) mass is 226 g/mol. The molecular formula is C13H26N2O. The summed E-state index contributed by atoms with van der Waals surface area (Å²) in [5, 5.41) is 3.40. The normalized spacial score (nSPS) is 25.8. The molecule has 1 heterocycles. The molecule has 0 radical (unpaired) electrons. The van der Waals surface area contributed by atoms with Crippen molar-refractivity contribution in [3.8, 4) is 0 Å². The van der Waals surface area contributed by atoms with Crippen LogP contribution in [0.4, 0.5) is 0 Å². The van der Waals surface area contributed by atoms with Crippen molar-refractivity contribution in [1.82, 2.24) is 10.2 Å². The van der Waals surface area contributed by atoms with E-state index in [-0.39, 0.29) is 11.4 Å². The molecule has 1 fully saturated rings. The fourth-order valence-corrected chi connectivity index (χ4v) is 2.39. The highest BCUT2D eigenvalue weighted by Gasteiger charge is 2.37. The molecule has 3 heteroatoms. The van der Waals surface area contributed by atoms with Gasteiger partial charge < -0.3 is 10.2 Å². The van der Waals surface area contributed by atoms with E-state index >= 15 is 0 Å². The van der Waals surface area contributed by atoms with Gasteiger partial charge in [0.2, 0.25) is 5.91 Å². The molecule has 0 aliphatic carbocycles. The minimum atomic E-state index is -0.322. The lowest BCUT2D eigenvalue weighted by Gasteiger charge is -2.39. The lowest BCUT2D eigenvalue weighted by molar-refractivity contribution is -0.140. The van der Waals surface area contributed by atoms with E-state index in [1.807, 2.05) is 4.90 Å². The van der Waals surface area contributed by atoms with Gasteiger partial charge in [-0.15, -0.1) is 0 Å². The molecule has 3 nitrogen and oxygen atoms in total. The molecule has 1 aliphatic heterocycles. The molecule has 1 aliphatic rings. The van der Waals surface area contributed by atoms with Gasteiger partial charge in [0, 0.05) is 12.6 Å². The third-order valence-corrected chi connectivity index (χ3v) is 3.44. The molecule has 0 aromatic carbocycles. The van der Waals surface area contributed by atoms with Crippen molar-refractivity contribution in [1.29, 1.82) is 0 Å². The molecule has 94 valence electrons. The smallest absolute Gasteiger partial charge is 0.242 e.